The van der Waals surface area contributed by atoms with Crippen molar-refractivity contribution in [2.24, 2.45) is 0 Å². The molecule has 0 aliphatic carbocycles. The first-order valence-electron chi connectivity index (χ1n) is 5.82. The fourth-order valence-corrected chi connectivity index (χ4v) is 1.47. The van der Waals surface area contributed by atoms with Gasteiger partial charge >= 0.3 is 0 Å². The van der Waals surface area contributed by atoms with Gasteiger partial charge < -0.3 is 10.1 Å². The lowest BCUT2D eigenvalue weighted by Gasteiger charge is -2.16. The monoisotopic (exact) mass is 233 g/mol. The molecule has 0 spiro atoms. The Hall–Kier alpha value is -1.77. The van der Waals surface area contributed by atoms with E-state index in [1.165, 1.54) is 0 Å². The number of carbonyl (C=O) groups is 1. The van der Waals surface area contributed by atoms with Gasteiger partial charge in [-0.1, -0.05) is 31.2 Å². The Kier molecular flexibility index (Phi) is 5.27. The maximum atomic E-state index is 11.6. The Labute approximate surface area is 102 Å². The van der Waals surface area contributed by atoms with Crippen molar-refractivity contribution in [3.63, 3.8) is 0 Å². The highest BCUT2D eigenvalue weighted by Gasteiger charge is 2.14. The summed E-state index contributed by atoms with van der Waals surface area (Å²) in [5, 5.41) is 2.71. The van der Waals surface area contributed by atoms with Crippen molar-refractivity contribution in [2.75, 3.05) is 6.54 Å². The van der Waals surface area contributed by atoms with Gasteiger partial charge in [0.2, 0.25) is 0 Å². The number of nitrogens with one attached hydrogen (secondary N) is 1. The Balaban J connectivity index is 2.63. The van der Waals surface area contributed by atoms with E-state index in [1.807, 2.05) is 24.3 Å². The number of aryl methyl sites for hydroxylation is 1. The van der Waals surface area contributed by atoms with Crippen LogP contribution in [0, 0.1) is 0 Å². The van der Waals surface area contributed by atoms with Crippen LogP contribution in [-0.4, -0.2) is 18.6 Å². The molecule has 3 nitrogen and oxygen atoms in total. The van der Waals surface area contributed by atoms with Gasteiger partial charge in [0, 0.05) is 6.54 Å². The second kappa shape index (κ2) is 6.74. The van der Waals surface area contributed by atoms with Crippen LogP contribution in [-0.2, 0) is 11.2 Å². The van der Waals surface area contributed by atoms with Crippen LogP contribution in [0.2, 0.25) is 0 Å². The van der Waals surface area contributed by atoms with E-state index in [4.69, 9.17) is 4.74 Å². The molecule has 92 valence electrons. The van der Waals surface area contributed by atoms with Gasteiger partial charge in [0.05, 0.1) is 0 Å². The maximum Gasteiger partial charge on any atom is 0.261 e. The molecule has 0 radical (unpaired) electrons. The summed E-state index contributed by atoms with van der Waals surface area (Å²) in [4.78, 5) is 11.6. The van der Waals surface area contributed by atoms with Crippen LogP contribution in [0.5, 0.6) is 5.75 Å². The quantitative estimate of drug-likeness (QED) is 0.766. The Morgan fingerprint density at radius 1 is 1.53 bits per heavy atom. The zero-order valence-electron chi connectivity index (χ0n) is 10.4. The average Bonchev–Trinajstić information content (AvgIpc) is 2.36. The second-order valence-corrected chi connectivity index (χ2v) is 3.76. The third-order valence-corrected chi connectivity index (χ3v) is 2.45. The number of benzene rings is 1. The third kappa shape index (κ3) is 3.94. The van der Waals surface area contributed by atoms with E-state index in [-0.39, 0.29) is 5.91 Å². The summed E-state index contributed by atoms with van der Waals surface area (Å²) in [7, 11) is 0. The smallest absolute Gasteiger partial charge is 0.261 e. The predicted octanol–water partition coefficient (Wildman–Crippen LogP) is 2.32. The summed E-state index contributed by atoms with van der Waals surface area (Å²) in [5.41, 5.74) is 1.11. The number of para-hydroxylation sites is 1. The predicted molar refractivity (Wildman–Crippen MR) is 69.1 cm³/mol. The van der Waals surface area contributed by atoms with Crippen LogP contribution >= 0.6 is 0 Å². The van der Waals surface area contributed by atoms with E-state index in [0.717, 1.165) is 17.7 Å². The molecule has 0 aliphatic heterocycles. The number of ether oxygens (including phenoxy) is 1. The minimum absolute atomic E-state index is 0.129. The van der Waals surface area contributed by atoms with E-state index in [1.54, 1.807) is 13.0 Å². The van der Waals surface area contributed by atoms with Crippen molar-refractivity contribution >= 4 is 5.91 Å². The minimum Gasteiger partial charge on any atom is -0.481 e. The van der Waals surface area contributed by atoms with E-state index in [9.17, 15) is 4.79 Å². The third-order valence-electron chi connectivity index (χ3n) is 2.45. The highest BCUT2D eigenvalue weighted by atomic mass is 16.5. The lowest BCUT2D eigenvalue weighted by atomic mass is 10.1. The number of carbonyl (C=O) groups excluding carboxylic acids is 1. The second-order valence-electron chi connectivity index (χ2n) is 3.76. The SMILES string of the molecule is C=CCNC(=O)[C@H](C)Oc1ccccc1CC. The van der Waals surface area contributed by atoms with Gasteiger partial charge in [-0.25, -0.2) is 0 Å². The molecule has 1 aromatic carbocycles. The summed E-state index contributed by atoms with van der Waals surface area (Å²) < 4.78 is 5.65. The molecule has 1 N–H and O–H groups in total. The molecule has 0 aliphatic rings. The average molecular weight is 233 g/mol. The largest absolute Gasteiger partial charge is 0.481 e. The fraction of sp³-hybridized carbons (Fsp3) is 0.357. The van der Waals surface area contributed by atoms with Gasteiger partial charge in [-0.05, 0) is 25.0 Å². The van der Waals surface area contributed by atoms with Gasteiger partial charge in [-0.15, -0.1) is 6.58 Å². The van der Waals surface area contributed by atoms with E-state index in [0.29, 0.717) is 6.54 Å². The van der Waals surface area contributed by atoms with Gasteiger partial charge in [0.25, 0.3) is 5.91 Å². The van der Waals surface area contributed by atoms with Crippen LogP contribution in [0.3, 0.4) is 0 Å². The summed E-state index contributed by atoms with van der Waals surface area (Å²) >= 11 is 0. The lowest BCUT2D eigenvalue weighted by molar-refractivity contribution is -0.127. The van der Waals surface area contributed by atoms with E-state index < -0.39 is 6.10 Å². The molecule has 1 atom stereocenters. The molecule has 0 fully saturated rings. The highest BCUT2D eigenvalue weighted by Crippen LogP contribution is 2.19. The normalized spacial score (nSPS) is 11.6. The summed E-state index contributed by atoms with van der Waals surface area (Å²) in [6.45, 7) is 7.81. The first kappa shape index (κ1) is 13.3. The molecule has 0 aromatic heterocycles. The molecular formula is C14H19NO2. The first-order chi connectivity index (χ1) is 8.19. The number of rotatable bonds is 6. The van der Waals surface area contributed by atoms with Crippen molar-refractivity contribution < 1.29 is 9.53 Å². The minimum atomic E-state index is -0.498. The maximum absolute atomic E-state index is 11.6. The molecule has 0 saturated carbocycles. The number of hydrogen-bond acceptors (Lipinski definition) is 2. The van der Waals surface area contributed by atoms with Crippen LogP contribution < -0.4 is 10.1 Å². The van der Waals surface area contributed by atoms with Crippen molar-refractivity contribution in [3.05, 3.63) is 42.5 Å². The van der Waals surface area contributed by atoms with Gasteiger partial charge in [-0.2, -0.15) is 0 Å². The van der Waals surface area contributed by atoms with E-state index >= 15 is 0 Å². The molecule has 0 heterocycles. The molecule has 17 heavy (non-hydrogen) atoms. The zero-order valence-corrected chi connectivity index (χ0v) is 10.4. The van der Waals surface area contributed by atoms with Crippen LogP contribution in [0.1, 0.15) is 19.4 Å². The molecule has 0 bridgehead atoms. The standard InChI is InChI=1S/C14H19NO2/c1-4-10-15-14(16)11(3)17-13-9-7-6-8-12(13)5-2/h4,6-9,11H,1,5,10H2,2-3H3,(H,15,16)/t11-/m0/s1. The van der Waals surface area contributed by atoms with E-state index in [2.05, 4.69) is 18.8 Å². The van der Waals surface area contributed by atoms with Crippen LogP contribution in [0.25, 0.3) is 0 Å². The molecule has 1 rings (SSSR count). The summed E-state index contributed by atoms with van der Waals surface area (Å²) in [5.74, 6) is 0.645. The van der Waals surface area contributed by atoms with Crippen LogP contribution in [0.15, 0.2) is 36.9 Å². The Morgan fingerprint density at radius 3 is 2.88 bits per heavy atom. The van der Waals surface area contributed by atoms with Gasteiger partial charge in [-0.3, -0.25) is 4.79 Å². The first-order valence-corrected chi connectivity index (χ1v) is 5.82. The zero-order chi connectivity index (χ0) is 12.7. The highest BCUT2D eigenvalue weighted by molar-refractivity contribution is 5.80. The topological polar surface area (TPSA) is 38.3 Å². The van der Waals surface area contributed by atoms with Crippen molar-refractivity contribution in [1.29, 1.82) is 0 Å². The van der Waals surface area contributed by atoms with Crippen LogP contribution in [0.4, 0.5) is 0 Å². The fourth-order valence-electron chi connectivity index (χ4n) is 1.47. The lowest BCUT2D eigenvalue weighted by Crippen LogP contribution is -2.36. The molecule has 1 amide bonds. The van der Waals surface area contributed by atoms with Crippen molar-refractivity contribution in [2.45, 2.75) is 26.4 Å². The van der Waals surface area contributed by atoms with Crippen molar-refractivity contribution in [1.82, 2.24) is 5.32 Å². The molecule has 3 heteroatoms. The Bertz CT molecular complexity index is 388. The number of amides is 1. The summed E-state index contributed by atoms with van der Waals surface area (Å²) in [6.07, 6.45) is 2.03. The number of hydrogen-bond donors (Lipinski definition) is 1. The van der Waals surface area contributed by atoms with Gasteiger partial charge in [0.15, 0.2) is 6.10 Å². The Morgan fingerprint density at radius 2 is 2.24 bits per heavy atom. The molecule has 0 unspecified atom stereocenters. The van der Waals surface area contributed by atoms with Gasteiger partial charge in [0.1, 0.15) is 5.75 Å². The van der Waals surface area contributed by atoms with Crippen molar-refractivity contribution in [3.8, 4) is 5.75 Å². The molecule has 0 saturated heterocycles. The summed E-state index contributed by atoms with van der Waals surface area (Å²) in [6, 6.07) is 7.76. The molecular weight excluding hydrogens is 214 g/mol. The molecule has 1 aromatic rings.